The summed E-state index contributed by atoms with van der Waals surface area (Å²) < 4.78 is 5.06. The van der Waals surface area contributed by atoms with Gasteiger partial charge in [-0.3, -0.25) is 5.32 Å². The normalized spacial score (nSPS) is 9.60. The maximum Gasteiger partial charge on any atom is 0.337 e. The molecule has 0 aliphatic rings. The van der Waals surface area contributed by atoms with Gasteiger partial charge in [0, 0.05) is 5.69 Å². The van der Waals surface area contributed by atoms with Crippen molar-refractivity contribution >= 4 is 17.7 Å². The molecule has 2 aromatic rings. The summed E-state index contributed by atoms with van der Waals surface area (Å²) in [6.45, 7) is 2.25. The highest BCUT2D eigenvalue weighted by molar-refractivity contribution is 5.98. The number of benzene rings is 1. The van der Waals surface area contributed by atoms with Crippen molar-refractivity contribution in [2.45, 2.75) is 6.92 Å². The Morgan fingerprint density at radius 1 is 1.40 bits per heavy atom. The number of amides is 2. The number of H-pyrrole nitrogens is 1. The second kappa shape index (κ2) is 6.19. The quantitative estimate of drug-likeness (QED) is 0.783. The van der Waals surface area contributed by atoms with E-state index in [-0.39, 0.29) is 12.0 Å². The van der Waals surface area contributed by atoms with Crippen LogP contribution in [0.1, 0.15) is 12.5 Å². The number of aromatic nitrogens is 3. The molecule has 0 fully saturated rings. The first-order valence-electron chi connectivity index (χ1n) is 5.84. The van der Waals surface area contributed by atoms with Crippen LogP contribution in [0.15, 0.2) is 24.3 Å². The van der Waals surface area contributed by atoms with Crippen molar-refractivity contribution in [1.82, 2.24) is 15.2 Å². The monoisotopic (exact) mass is 272 g/mol. The molecule has 0 saturated heterocycles. The number of rotatable bonds is 4. The molecule has 8 nitrogen and oxygen atoms in total. The van der Waals surface area contributed by atoms with Gasteiger partial charge < -0.3 is 10.1 Å². The highest BCUT2D eigenvalue weighted by atomic mass is 16.5. The molecule has 2 amide bonds. The van der Waals surface area contributed by atoms with Crippen LogP contribution in [-0.2, 0) is 0 Å². The Kier molecular flexibility index (Phi) is 4.14. The fraction of sp³-hybridized carbons (Fsp3) is 0.167. The van der Waals surface area contributed by atoms with Crippen LogP contribution in [0.2, 0.25) is 0 Å². The average Bonchev–Trinajstić information content (AvgIpc) is 2.87. The summed E-state index contributed by atoms with van der Waals surface area (Å²) in [5, 5.41) is 20.0. The van der Waals surface area contributed by atoms with Crippen LogP contribution in [-0.4, -0.2) is 27.8 Å². The fourth-order valence-corrected chi connectivity index (χ4v) is 1.39. The fourth-order valence-electron chi connectivity index (χ4n) is 1.39. The number of nitrogens with zero attached hydrogens (tertiary/aromatic N) is 3. The van der Waals surface area contributed by atoms with Crippen LogP contribution in [0.5, 0.6) is 6.01 Å². The van der Waals surface area contributed by atoms with Crippen molar-refractivity contribution < 1.29 is 9.53 Å². The van der Waals surface area contributed by atoms with E-state index in [0.29, 0.717) is 17.9 Å². The van der Waals surface area contributed by atoms with Gasteiger partial charge >= 0.3 is 12.0 Å². The van der Waals surface area contributed by atoms with E-state index in [2.05, 4.69) is 25.8 Å². The second-order valence-electron chi connectivity index (χ2n) is 3.67. The molecule has 3 N–H and O–H groups in total. The Morgan fingerprint density at radius 3 is 2.80 bits per heavy atom. The molecule has 0 radical (unpaired) electrons. The summed E-state index contributed by atoms with van der Waals surface area (Å²) in [4.78, 5) is 15.6. The molecule has 0 bridgehead atoms. The smallest absolute Gasteiger partial charge is 0.337 e. The van der Waals surface area contributed by atoms with E-state index in [1.54, 1.807) is 31.2 Å². The zero-order valence-electron chi connectivity index (χ0n) is 10.7. The van der Waals surface area contributed by atoms with E-state index in [9.17, 15) is 4.79 Å². The number of ether oxygens (including phenoxy) is 1. The van der Waals surface area contributed by atoms with E-state index in [1.165, 1.54) is 0 Å². The SMILES string of the molecule is CCOc1n[nH]c(NC(=O)Nc2ccc(C#N)cc2)n1. The van der Waals surface area contributed by atoms with Gasteiger partial charge in [0.2, 0.25) is 5.95 Å². The van der Waals surface area contributed by atoms with E-state index in [0.717, 1.165) is 0 Å². The largest absolute Gasteiger partial charge is 0.463 e. The Morgan fingerprint density at radius 2 is 2.15 bits per heavy atom. The number of urea groups is 1. The minimum Gasteiger partial charge on any atom is -0.463 e. The van der Waals surface area contributed by atoms with Crippen molar-refractivity contribution in [2.75, 3.05) is 17.2 Å². The molecular weight excluding hydrogens is 260 g/mol. The first-order valence-corrected chi connectivity index (χ1v) is 5.84. The van der Waals surface area contributed by atoms with Crippen LogP contribution in [0, 0.1) is 11.3 Å². The van der Waals surface area contributed by atoms with E-state index < -0.39 is 6.03 Å². The van der Waals surface area contributed by atoms with Crippen molar-refractivity contribution in [1.29, 1.82) is 5.26 Å². The molecule has 0 spiro atoms. The van der Waals surface area contributed by atoms with E-state index >= 15 is 0 Å². The molecule has 102 valence electrons. The molecule has 8 heteroatoms. The minimum absolute atomic E-state index is 0.168. The third kappa shape index (κ3) is 3.46. The second-order valence-corrected chi connectivity index (χ2v) is 3.67. The van der Waals surface area contributed by atoms with Gasteiger partial charge in [-0.2, -0.15) is 10.2 Å². The summed E-state index contributed by atoms with van der Waals surface area (Å²) in [6.07, 6.45) is 0. The van der Waals surface area contributed by atoms with Crippen LogP contribution >= 0.6 is 0 Å². The number of carbonyl (C=O) groups is 1. The van der Waals surface area contributed by atoms with Gasteiger partial charge in [0.05, 0.1) is 18.2 Å². The molecule has 1 aromatic carbocycles. The predicted octanol–water partition coefficient (Wildman–Crippen LogP) is 1.72. The van der Waals surface area contributed by atoms with Crippen LogP contribution in [0.25, 0.3) is 0 Å². The van der Waals surface area contributed by atoms with Gasteiger partial charge in [-0.15, -0.1) is 5.10 Å². The summed E-state index contributed by atoms with van der Waals surface area (Å²) >= 11 is 0. The Bertz CT molecular complexity index is 628. The number of hydrogen-bond donors (Lipinski definition) is 3. The Labute approximate surface area is 114 Å². The van der Waals surface area contributed by atoms with Gasteiger partial charge in [0.1, 0.15) is 0 Å². The zero-order valence-corrected chi connectivity index (χ0v) is 10.7. The van der Waals surface area contributed by atoms with Crippen molar-refractivity contribution in [2.24, 2.45) is 0 Å². The molecule has 1 heterocycles. The number of aromatic amines is 1. The van der Waals surface area contributed by atoms with Crippen LogP contribution in [0.3, 0.4) is 0 Å². The van der Waals surface area contributed by atoms with Crippen molar-refractivity contribution in [3.05, 3.63) is 29.8 Å². The Hall–Kier alpha value is -3.08. The lowest BCUT2D eigenvalue weighted by molar-refractivity contribution is 0.262. The predicted molar refractivity (Wildman–Crippen MR) is 71.4 cm³/mol. The molecule has 0 saturated carbocycles. The zero-order chi connectivity index (χ0) is 14.4. The molecule has 1 aromatic heterocycles. The molecule has 20 heavy (non-hydrogen) atoms. The Balaban J connectivity index is 1.92. The van der Waals surface area contributed by atoms with Crippen LogP contribution in [0.4, 0.5) is 16.4 Å². The maximum absolute atomic E-state index is 11.7. The first kappa shape index (κ1) is 13.4. The summed E-state index contributed by atoms with van der Waals surface area (Å²) in [5.41, 5.74) is 1.08. The number of anilines is 2. The summed E-state index contributed by atoms with van der Waals surface area (Å²) in [7, 11) is 0. The highest BCUT2D eigenvalue weighted by Crippen LogP contribution is 2.10. The van der Waals surface area contributed by atoms with Crippen molar-refractivity contribution in [3.63, 3.8) is 0 Å². The van der Waals surface area contributed by atoms with E-state index in [4.69, 9.17) is 10.00 Å². The molecule has 0 aliphatic heterocycles. The van der Waals surface area contributed by atoms with Gasteiger partial charge in [0.25, 0.3) is 0 Å². The van der Waals surface area contributed by atoms with Crippen molar-refractivity contribution in [3.8, 4) is 12.1 Å². The first-order chi connectivity index (χ1) is 9.71. The number of carbonyl (C=O) groups excluding carboxylic acids is 1. The molecular formula is C12H12N6O2. The standard InChI is InChI=1S/C12H12N6O2/c1-2-20-12-16-10(17-18-12)15-11(19)14-9-5-3-8(7-13)4-6-9/h3-6H,2H2,1H3,(H3,14,15,16,17,18,19). The van der Waals surface area contributed by atoms with Gasteiger partial charge in [-0.05, 0) is 31.2 Å². The van der Waals surface area contributed by atoms with Gasteiger partial charge in [-0.1, -0.05) is 0 Å². The summed E-state index contributed by atoms with van der Waals surface area (Å²) in [5.74, 6) is 0.180. The van der Waals surface area contributed by atoms with Gasteiger partial charge in [0.15, 0.2) is 0 Å². The lowest BCUT2D eigenvalue weighted by atomic mass is 10.2. The topological polar surface area (TPSA) is 116 Å². The lowest BCUT2D eigenvalue weighted by Gasteiger charge is -2.04. The third-order valence-electron chi connectivity index (χ3n) is 2.24. The minimum atomic E-state index is -0.478. The average molecular weight is 272 g/mol. The van der Waals surface area contributed by atoms with Gasteiger partial charge in [-0.25, -0.2) is 9.89 Å². The number of hydrogen-bond acceptors (Lipinski definition) is 5. The molecule has 2 rings (SSSR count). The molecule has 0 unspecified atom stereocenters. The summed E-state index contributed by atoms with van der Waals surface area (Å²) in [6, 6.07) is 8.16. The maximum atomic E-state index is 11.7. The number of nitriles is 1. The highest BCUT2D eigenvalue weighted by Gasteiger charge is 2.07. The number of nitrogens with one attached hydrogen (secondary N) is 3. The third-order valence-corrected chi connectivity index (χ3v) is 2.24. The van der Waals surface area contributed by atoms with E-state index in [1.807, 2.05) is 6.07 Å². The van der Waals surface area contributed by atoms with Crippen LogP contribution < -0.4 is 15.4 Å². The molecule has 0 atom stereocenters. The lowest BCUT2D eigenvalue weighted by Crippen LogP contribution is -2.20. The molecule has 0 aliphatic carbocycles.